The van der Waals surface area contributed by atoms with Crippen LogP contribution in [0.1, 0.15) is 5.56 Å². The van der Waals surface area contributed by atoms with Crippen molar-refractivity contribution in [3.05, 3.63) is 30.2 Å². The van der Waals surface area contributed by atoms with Crippen LogP contribution in [0.15, 0.2) is 29.0 Å². The summed E-state index contributed by atoms with van der Waals surface area (Å²) >= 11 is 0. The highest BCUT2D eigenvalue weighted by Gasteiger charge is 2.46. The van der Waals surface area contributed by atoms with Crippen LogP contribution in [-0.2, 0) is 16.1 Å². The number of nitriles is 1. The van der Waals surface area contributed by atoms with Gasteiger partial charge in [0, 0.05) is 6.54 Å². The Hall–Kier alpha value is -2.39. The van der Waals surface area contributed by atoms with Gasteiger partial charge in [0.25, 0.3) is 0 Å². The Kier molecular flexibility index (Phi) is 2.69. The van der Waals surface area contributed by atoms with Crippen LogP contribution >= 0.6 is 0 Å². The van der Waals surface area contributed by atoms with Crippen LogP contribution in [0.3, 0.4) is 0 Å². The Labute approximate surface area is 109 Å². The van der Waals surface area contributed by atoms with E-state index >= 15 is 0 Å². The summed E-state index contributed by atoms with van der Waals surface area (Å²) in [6.45, 7) is 0.672. The number of carbonyl (C=O) groups excluding carboxylic acids is 1. The molecule has 0 unspecified atom stereocenters. The minimum atomic E-state index is -1.02. The number of carbonyl (C=O) groups is 1. The van der Waals surface area contributed by atoms with E-state index in [1.807, 2.05) is 24.3 Å². The fourth-order valence-electron chi connectivity index (χ4n) is 1.91. The maximum atomic E-state index is 11.9. The van der Waals surface area contributed by atoms with Crippen LogP contribution in [0, 0.1) is 16.7 Å². The molecule has 0 saturated carbocycles. The van der Waals surface area contributed by atoms with Crippen LogP contribution in [0.25, 0.3) is 11.1 Å². The third-order valence-corrected chi connectivity index (χ3v) is 3.19. The first-order chi connectivity index (χ1) is 9.23. The van der Waals surface area contributed by atoms with E-state index < -0.39 is 5.41 Å². The summed E-state index contributed by atoms with van der Waals surface area (Å²) in [6.07, 6.45) is 1.38. The number of oxazole rings is 1. The molecule has 96 valence electrons. The molecule has 0 atom stereocenters. The van der Waals surface area contributed by atoms with Crippen LogP contribution in [0.4, 0.5) is 0 Å². The molecule has 2 aromatic rings. The van der Waals surface area contributed by atoms with E-state index in [-0.39, 0.29) is 19.1 Å². The maximum Gasteiger partial charge on any atom is 0.245 e. The van der Waals surface area contributed by atoms with Crippen molar-refractivity contribution in [3.63, 3.8) is 0 Å². The van der Waals surface area contributed by atoms with Gasteiger partial charge in [0.15, 0.2) is 17.4 Å². The zero-order valence-electron chi connectivity index (χ0n) is 10.0. The first kappa shape index (κ1) is 11.7. The zero-order chi connectivity index (χ0) is 13.3. The molecule has 1 saturated heterocycles. The van der Waals surface area contributed by atoms with Crippen molar-refractivity contribution in [2.75, 3.05) is 13.2 Å². The van der Waals surface area contributed by atoms with Gasteiger partial charge in [-0.15, -0.1) is 0 Å². The number of nitrogens with zero attached hydrogens (tertiary/aromatic N) is 2. The lowest BCUT2D eigenvalue weighted by molar-refractivity contribution is -0.150. The predicted molar refractivity (Wildman–Crippen MR) is 64.7 cm³/mol. The average molecular weight is 257 g/mol. The monoisotopic (exact) mass is 257 g/mol. The van der Waals surface area contributed by atoms with Crippen molar-refractivity contribution in [1.29, 1.82) is 5.26 Å². The highest BCUT2D eigenvalue weighted by Crippen LogP contribution is 2.26. The van der Waals surface area contributed by atoms with Crippen molar-refractivity contribution >= 4 is 17.0 Å². The number of hydrogen-bond acceptors (Lipinski definition) is 5. The lowest BCUT2D eigenvalue weighted by atomic mass is 9.87. The smallest absolute Gasteiger partial charge is 0.245 e. The highest BCUT2D eigenvalue weighted by molar-refractivity contribution is 5.86. The number of benzene rings is 1. The second-order valence-corrected chi connectivity index (χ2v) is 4.52. The largest absolute Gasteiger partial charge is 0.443 e. The molecule has 1 fully saturated rings. The summed E-state index contributed by atoms with van der Waals surface area (Å²) in [7, 11) is 0. The highest BCUT2D eigenvalue weighted by atomic mass is 16.5. The quantitative estimate of drug-likeness (QED) is 0.885. The molecule has 1 amide bonds. The van der Waals surface area contributed by atoms with Gasteiger partial charge < -0.3 is 14.5 Å². The van der Waals surface area contributed by atoms with Crippen molar-refractivity contribution in [2.45, 2.75) is 6.54 Å². The minimum absolute atomic E-state index is 0.163. The summed E-state index contributed by atoms with van der Waals surface area (Å²) in [4.78, 5) is 15.9. The molecule has 3 rings (SSSR count). The molecule has 1 aromatic heterocycles. The summed E-state index contributed by atoms with van der Waals surface area (Å²) < 4.78 is 10.1. The van der Waals surface area contributed by atoms with E-state index in [1.54, 1.807) is 0 Å². The van der Waals surface area contributed by atoms with Gasteiger partial charge in [0.1, 0.15) is 5.52 Å². The first-order valence-electron chi connectivity index (χ1n) is 5.83. The van der Waals surface area contributed by atoms with Crippen LogP contribution in [0.2, 0.25) is 0 Å². The molecule has 0 spiro atoms. The van der Waals surface area contributed by atoms with E-state index in [1.165, 1.54) is 6.39 Å². The SMILES string of the molecule is N#CC1(C(=O)NCc2ccc3ncoc3c2)COC1. The lowest BCUT2D eigenvalue weighted by Crippen LogP contribution is -2.52. The molecule has 6 nitrogen and oxygen atoms in total. The number of rotatable bonds is 3. The van der Waals surface area contributed by atoms with Gasteiger partial charge in [-0.25, -0.2) is 4.98 Å². The second kappa shape index (κ2) is 4.37. The van der Waals surface area contributed by atoms with Crippen LogP contribution in [-0.4, -0.2) is 24.1 Å². The van der Waals surface area contributed by atoms with Crippen LogP contribution in [0.5, 0.6) is 0 Å². The molecular formula is C13H11N3O3. The minimum Gasteiger partial charge on any atom is -0.443 e. The third-order valence-electron chi connectivity index (χ3n) is 3.19. The van der Waals surface area contributed by atoms with E-state index in [0.717, 1.165) is 11.1 Å². The molecule has 1 aliphatic heterocycles. The topological polar surface area (TPSA) is 88.2 Å². The zero-order valence-corrected chi connectivity index (χ0v) is 10.0. The van der Waals surface area contributed by atoms with E-state index in [4.69, 9.17) is 14.4 Å². The van der Waals surface area contributed by atoms with Gasteiger partial charge >= 0.3 is 0 Å². The Morgan fingerprint density at radius 1 is 1.53 bits per heavy atom. The van der Waals surface area contributed by atoms with Crippen molar-refractivity contribution in [2.24, 2.45) is 5.41 Å². The fourth-order valence-corrected chi connectivity index (χ4v) is 1.91. The van der Waals surface area contributed by atoms with Gasteiger partial charge in [-0.1, -0.05) is 6.07 Å². The standard InChI is InChI=1S/C13H11N3O3/c14-5-13(6-18-7-13)12(17)15-4-9-1-2-10-11(3-9)19-8-16-10/h1-3,8H,4,6-7H2,(H,15,17). The normalized spacial score (nSPS) is 16.6. The number of aromatic nitrogens is 1. The number of fused-ring (bicyclic) bond motifs is 1. The molecule has 1 aliphatic rings. The molecule has 1 aromatic carbocycles. The molecule has 0 radical (unpaired) electrons. The first-order valence-corrected chi connectivity index (χ1v) is 5.83. The van der Waals surface area contributed by atoms with Crippen molar-refractivity contribution in [1.82, 2.24) is 10.3 Å². The molecule has 6 heteroatoms. The van der Waals surface area contributed by atoms with Gasteiger partial charge in [0.05, 0.1) is 19.3 Å². The lowest BCUT2D eigenvalue weighted by Gasteiger charge is -2.33. The predicted octanol–water partition coefficient (Wildman–Crippen LogP) is 0.984. The average Bonchev–Trinajstić information content (AvgIpc) is 2.83. The summed E-state index contributed by atoms with van der Waals surface area (Å²) in [6, 6.07) is 7.52. The van der Waals surface area contributed by atoms with E-state index in [2.05, 4.69) is 10.3 Å². The second-order valence-electron chi connectivity index (χ2n) is 4.52. The Bertz CT molecular complexity index is 667. The summed E-state index contributed by atoms with van der Waals surface area (Å²) in [5, 5.41) is 11.7. The number of hydrogen-bond donors (Lipinski definition) is 1. The van der Waals surface area contributed by atoms with Crippen molar-refractivity contribution < 1.29 is 13.9 Å². The van der Waals surface area contributed by atoms with Crippen molar-refractivity contribution in [3.8, 4) is 6.07 Å². The Morgan fingerprint density at radius 2 is 2.37 bits per heavy atom. The van der Waals surface area contributed by atoms with Gasteiger partial charge in [-0.2, -0.15) is 5.26 Å². The number of ether oxygens (including phenoxy) is 1. The Morgan fingerprint density at radius 3 is 3.05 bits per heavy atom. The Balaban J connectivity index is 1.69. The summed E-state index contributed by atoms with van der Waals surface area (Å²) in [5.74, 6) is -0.293. The van der Waals surface area contributed by atoms with Crippen LogP contribution < -0.4 is 5.32 Å². The maximum absolute atomic E-state index is 11.9. The van der Waals surface area contributed by atoms with Gasteiger partial charge in [0.2, 0.25) is 5.91 Å². The van der Waals surface area contributed by atoms with E-state index in [0.29, 0.717) is 12.1 Å². The molecule has 2 heterocycles. The van der Waals surface area contributed by atoms with Gasteiger partial charge in [-0.3, -0.25) is 4.79 Å². The number of nitrogens with one attached hydrogen (secondary N) is 1. The molecule has 19 heavy (non-hydrogen) atoms. The molecule has 0 bridgehead atoms. The number of amides is 1. The fraction of sp³-hybridized carbons (Fsp3) is 0.308. The molecule has 0 aliphatic carbocycles. The molecule has 1 N–H and O–H groups in total. The molecular weight excluding hydrogens is 246 g/mol. The van der Waals surface area contributed by atoms with E-state index in [9.17, 15) is 4.79 Å². The third kappa shape index (κ3) is 1.94. The summed E-state index contributed by atoms with van der Waals surface area (Å²) in [5.41, 5.74) is 1.33. The van der Waals surface area contributed by atoms with Gasteiger partial charge in [-0.05, 0) is 17.7 Å².